The average Bonchev–Trinajstić information content (AvgIpc) is 2.81. The summed E-state index contributed by atoms with van der Waals surface area (Å²) in [5.74, 6) is -0.222. The van der Waals surface area contributed by atoms with E-state index in [1.54, 1.807) is 6.20 Å². The van der Waals surface area contributed by atoms with E-state index in [-0.39, 0.29) is 5.91 Å². The maximum Gasteiger partial charge on any atom is 0.243 e. The van der Waals surface area contributed by atoms with Gasteiger partial charge in [0.15, 0.2) is 12.8 Å². The molecule has 30 heavy (non-hydrogen) atoms. The van der Waals surface area contributed by atoms with E-state index in [0.717, 1.165) is 27.8 Å². The summed E-state index contributed by atoms with van der Waals surface area (Å²) in [7, 11) is 0. The number of rotatable bonds is 8. The lowest BCUT2D eigenvalue weighted by Gasteiger charge is -2.13. The van der Waals surface area contributed by atoms with Gasteiger partial charge in [0.05, 0.1) is 0 Å². The number of amides is 1. The predicted molar refractivity (Wildman–Crippen MR) is 121 cm³/mol. The molecule has 0 radical (unpaired) electrons. The Balaban J connectivity index is 1.85. The number of pyridine rings is 1. The van der Waals surface area contributed by atoms with E-state index in [4.69, 9.17) is 5.73 Å². The third-order valence-electron chi connectivity index (χ3n) is 4.58. The van der Waals surface area contributed by atoms with E-state index in [1.165, 1.54) is 6.08 Å². The standard InChI is InChI=1S/C25H24N4O/c1-2-25(30)29-18-22-11-10-21(20-8-4-3-5-9-20)15-23(22)24(26)12-14-28-17-19-7-6-13-27-16-19/h2-16H,1,17-18,26H2,(H,29,30)/p+1/b24-12-,28-14?. The van der Waals surface area contributed by atoms with Crippen LogP contribution in [-0.4, -0.2) is 17.1 Å². The Hall–Kier alpha value is -3.99. The summed E-state index contributed by atoms with van der Waals surface area (Å²) in [6.07, 6.45) is 8.48. The summed E-state index contributed by atoms with van der Waals surface area (Å²) < 4.78 is 0. The quantitative estimate of drug-likeness (QED) is 0.403. The molecule has 4 N–H and O–H groups in total. The molecular formula is C25H25N4O+. The van der Waals surface area contributed by atoms with Gasteiger partial charge in [-0.1, -0.05) is 49.0 Å². The van der Waals surface area contributed by atoms with Crippen LogP contribution < -0.4 is 16.0 Å². The van der Waals surface area contributed by atoms with E-state index in [9.17, 15) is 4.79 Å². The molecule has 3 aromatic rings. The number of nitrogens with two attached hydrogens (primary N) is 1. The lowest BCUT2D eigenvalue weighted by Crippen LogP contribution is -2.66. The van der Waals surface area contributed by atoms with Gasteiger partial charge in [-0.25, -0.2) is 4.99 Å². The van der Waals surface area contributed by atoms with E-state index in [0.29, 0.717) is 18.8 Å². The van der Waals surface area contributed by atoms with Gasteiger partial charge in [0, 0.05) is 41.8 Å². The molecule has 1 aromatic heterocycles. The molecule has 0 fully saturated rings. The first-order chi connectivity index (χ1) is 14.7. The number of hydrogen-bond acceptors (Lipinski definition) is 3. The number of allylic oxidation sites excluding steroid dienone is 1. The summed E-state index contributed by atoms with van der Waals surface area (Å²) >= 11 is 0. The zero-order valence-electron chi connectivity index (χ0n) is 16.7. The zero-order chi connectivity index (χ0) is 21.2. The van der Waals surface area contributed by atoms with Gasteiger partial charge in [-0.05, 0) is 41.0 Å². The highest BCUT2D eigenvalue weighted by Crippen LogP contribution is 2.25. The second-order valence-corrected chi connectivity index (χ2v) is 6.69. The van der Waals surface area contributed by atoms with E-state index < -0.39 is 0 Å². The van der Waals surface area contributed by atoms with Crippen molar-refractivity contribution in [2.75, 3.05) is 0 Å². The largest absolute Gasteiger partial charge is 0.398 e. The summed E-state index contributed by atoms with van der Waals surface area (Å²) in [6.45, 7) is 4.52. The molecule has 3 rings (SSSR count). The number of nitrogens with zero attached hydrogens (tertiary/aromatic N) is 1. The van der Waals surface area contributed by atoms with Crippen LogP contribution >= 0.6 is 0 Å². The lowest BCUT2D eigenvalue weighted by molar-refractivity contribution is -0.469. The Kier molecular flexibility index (Phi) is 7.28. The SMILES string of the molecule is C=CC(=O)NCc1ccc(-c2ccccc2)cc1/C(N)=C/C=[NH+]Cc1cccnc1. The molecule has 0 saturated heterocycles. The van der Waals surface area contributed by atoms with Crippen molar-refractivity contribution in [3.05, 3.63) is 108 Å². The average molecular weight is 398 g/mol. The van der Waals surface area contributed by atoms with E-state index in [1.807, 2.05) is 67.0 Å². The maximum atomic E-state index is 11.6. The maximum absolute atomic E-state index is 11.6. The number of hydrogen-bond donors (Lipinski definition) is 3. The molecule has 0 aliphatic rings. The second kappa shape index (κ2) is 10.5. The van der Waals surface area contributed by atoms with Crippen LogP contribution in [0.5, 0.6) is 0 Å². The monoisotopic (exact) mass is 397 g/mol. The Bertz CT molecular complexity index is 1060. The molecule has 0 aliphatic heterocycles. The first kappa shape index (κ1) is 20.7. The van der Waals surface area contributed by atoms with Crippen LogP contribution in [0.15, 0.2) is 91.8 Å². The molecule has 1 heterocycles. The third-order valence-corrected chi connectivity index (χ3v) is 4.58. The predicted octanol–water partition coefficient (Wildman–Crippen LogP) is 2.20. The Morgan fingerprint density at radius 1 is 1.10 bits per heavy atom. The van der Waals surface area contributed by atoms with Gasteiger partial charge in [-0.3, -0.25) is 9.78 Å². The molecule has 2 aromatic carbocycles. The van der Waals surface area contributed by atoms with Crippen molar-refractivity contribution < 1.29 is 9.79 Å². The molecule has 5 nitrogen and oxygen atoms in total. The van der Waals surface area contributed by atoms with Crippen LogP contribution in [0.3, 0.4) is 0 Å². The van der Waals surface area contributed by atoms with Crippen LogP contribution in [0.4, 0.5) is 0 Å². The molecule has 0 saturated carbocycles. The van der Waals surface area contributed by atoms with E-state index in [2.05, 4.69) is 34.0 Å². The fraction of sp³-hybridized carbons (Fsp3) is 0.0800. The van der Waals surface area contributed by atoms with Crippen molar-refractivity contribution in [3.63, 3.8) is 0 Å². The van der Waals surface area contributed by atoms with Crippen LogP contribution in [0.25, 0.3) is 16.8 Å². The Morgan fingerprint density at radius 3 is 2.67 bits per heavy atom. The van der Waals surface area contributed by atoms with Gasteiger partial charge >= 0.3 is 0 Å². The van der Waals surface area contributed by atoms with Crippen LogP contribution in [0.1, 0.15) is 16.7 Å². The molecule has 0 aliphatic carbocycles. The summed E-state index contributed by atoms with van der Waals surface area (Å²) in [5.41, 5.74) is 12.1. The minimum absolute atomic E-state index is 0.222. The number of nitrogens with one attached hydrogen (secondary N) is 2. The van der Waals surface area contributed by atoms with Crippen molar-refractivity contribution in [1.82, 2.24) is 10.3 Å². The van der Waals surface area contributed by atoms with Gasteiger partial charge in [0.1, 0.15) is 0 Å². The van der Waals surface area contributed by atoms with Crippen molar-refractivity contribution in [2.45, 2.75) is 13.1 Å². The van der Waals surface area contributed by atoms with Gasteiger partial charge in [0.25, 0.3) is 0 Å². The zero-order valence-corrected chi connectivity index (χ0v) is 16.7. The van der Waals surface area contributed by atoms with Crippen molar-refractivity contribution in [2.24, 2.45) is 5.73 Å². The van der Waals surface area contributed by atoms with Crippen LogP contribution in [-0.2, 0) is 17.9 Å². The minimum atomic E-state index is -0.222. The van der Waals surface area contributed by atoms with Gasteiger partial charge in [0.2, 0.25) is 5.91 Å². The fourth-order valence-electron chi connectivity index (χ4n) is 2.98. The Morgan fingerprint density at radius 2 is 1.93 bits per heavy atom. The molecule has 0 atom stereocenters. The summed E-state index contributed by atoms with van der Waals surface area (Å²) in [6, 6.07) is 20.1. The number of benzene rings is 2. The highest BCUT2D eigenvalue weighted by molar-refractivity contribution is 5.87. The highest BCUT2D eigenvalue weighted by Gasteiger charge is 2.09. The summed E-state index contributed by atoms with van der Waals surface area (Å²) in [4.78, 5) is 18.9. The summed E-state index contributed by atoms with van der Waals surface area (Å²) in [5, 5.41) is 2.82. The molecule has 5 heteroatoms. The minimum Gasteiger partial charge on any atom is -0.398 e. The first-order valence-corrected chi connectivity index (χ1v) is 9.67. The fourth-order valence-corrected chi connectivity index (χ4v) is 2.98. The first-order valence-electron chi connectivity index (χ1n) is 9.67. The molecule has 0 spiro atoms. The van der Waals surface area contributed by atoms with Crippen molar-refractivity contribution in [3.8, 4) is 11.1 Å². The van der Waals surface area contributed by atoms with Gasteiger partial charge in [-0.15, -0.1) is 0 Å². The van der Waals surface area contributed by atoms with Crippen LogP contribution in [0.2, 0.25) is 0 Å². The second-order valence-electron chi connectivity index (χ2n) is 6.69. The molecule has 0 unspecified atom stereocenters. The van der Waals surface area contributed by atoms with Gasteiger partial charge < -0.3 is 11.1 Å². The third kappa shape index (κ3) is 5.75. The number of aromatic nitrogens is 1. The van der Waals surface area contributed by atoms with Crippen molar-refractivity contribution >= 4 is 17.8 Å². The molecular weight excluding hydrogens is 372 g/mol. The molecule has 150 valence electrons. The normalized spacial score (nSPS) is 11.4. The van der Waals surface area contributed by atoms with Crippen molar-refractivity contribution in [1.29, 1.82) is 0 Å². The Labute approximate surface area is 176 Å². The number of carbonyl (C=O) groups excluding carboxylic acids is 1. The number of carbonyl (C=O) groups is 1. The molecule has 0 bridgehead atoms. The van der Waals surface area contributed by atoms with E-state index >= 15 is 0 Å². The lowest BCUT2D eigenvalue weighted by atomic mass is 9.97. The van der Waals surface area contributed by atoms with Gasteiger partial charge in [-0.2, -0.15) is 0 Å². The smallest absolute Gasteiger partial charge is 0.243 e. The van der Waals surface area contributed by atoms with Crippen LogP contribution in [0, 0.1) is 0 Å². The molecule has 1 amide bonds. The highest BCUT2D eigenvalue weighted by atomic mass is 16.1. The topological polar surface area (TPSA) is 82.0 Å².